The van der Waals surface area contributed by atoms with Gasteiger partial charge in [0.15, 0.2) is 0 Å². The molecule has 152 valence electrons. The Kier molecular flexibility index (Phi) is 4.48. The molecule has 0 saturated heterocycles. The second-order valence-corrected chi connectivity index (χ2v) is 8.99. The van der Waals surface area contributed by atoms with E-state index in [9.17, 15) is 4.79 Å². The molecule has 5 rings (SSSR count). The van der Waals surface area contributed by atoms with Crippen molar-refractivity contribution in [2.75, 3.05) is 0 Å². The van der Waals surface area contributed by atoms with Crippen molar-refractivity contribution in [3.63, 3.8) is 0 Å². The molecule has 2 heterocycles. The molecule has 0 bridgehead atoms. The smallest absolute Gasteiger partial charge is 0.213 e. The van der Waals surface area contributed by atoms with Crippen LogP contribution < -0.4 is 0 Å². The van der Waals surface area contributed by atoms with Gasteiger partial charge in [-0.1, -0.05) is 81.4 Å². The predicted molar refractivity (Wildman–Crippen MR) is 128 cm³/mol. The minimum atomic E-state index is -0.0784. The normalized spacial score (nSPS) is 11.8. The zero-order valence-electron chi connectivity index (χ0n) is 17.9. The Bertz CT molecular complexity index is 1420. The quantitative estimate of drug-likeness (QED) is 0.332. The third-order valence-electron chi connectivity index (χ3n) is 5.85. The van der Waals surface area contributed by atoms with Crippen molar-refractivity contribution in [2.45, 2.75) is 26.2 Å². The van der Waals surface area contributed by atoms with Crippen molar-refractivity contribution in [1.29, 1.82) is 0 Å². The Morgan fingerprint density at radius 2 is 1.58 bits per heavy atom. The molecule has 3 nitrogen and oxygen atoms in total. The number of nitrogens with one attached hydrogen (secondary N) is 1. The van der Waals surface area contributed by atoms with E-state index in [0.29, 0.717) is 11.3 Å². The zero-order chi connectivity index (χ0) is 21.6. The maximum Gasteiger partial charge on any atom is 0.213 e. The van der Waals surface area contributed by atoms with Gasteiger partial charge in [0.2, 0.25) is 5.78 Å². The van der Waals surface area contributed by atoms with Crippen LogP contribution in [0.4, 0.5) is 0 Å². The van der Waals surface area contributed by atoms with Crippen LogP contribution in [-0.4, -0.2) is 15.8 Å². The average molecular weight is 405 g/mol. The standard InChI is InChI=1S/C28H24N2O/c1-28(2,3)21-13-11-18(12-14-21)19-7-6-8-20(17-19)27(31)26-25-23(15-16-29-26)22-9-4-5-10-24(22)30-25/h4-17,30H,1-3H3. The van der Waals surface area contributed by atoms with Crippen LogP contribution in [0, 0.1) is 0 Å². The number of aromatic nitrogens is 2. The number of nitrogens with zero attached hydrogens (tertiary/aromatic N) is 1. The molecule has 0 unspecified atom stereocenters. The number of fused-ring (bicyclic) bond motifs is 3. The summed E-state index contributed by atoms with van der Waals surface area (Å²) in [5, 5.41) is 2.12. The SMILES string of the molecule is CC(C)(C)c1ccc(-c2cccc(C(=O)c3nccc4c3[nH]c3ccccc34)c2)cc1. The second kappa shape index (κ2) is 7.21. The molecule has 0 radical (unpaired) electrons. The lowest BCUT2D eigenvalue weighted by Crippen LogP contribution is -2.10. The summed E-state index contributed by atoms with van der Waals surface area (Å²) >= 11 is 0. The van der Waals surface area contributed by atoms with Gasteiger partial charge in [-0.25, -0.2) is 0 Å². The summed E-state index contributed by atoms with van der Waals surface area (Å²) in [5.41, 5.74) is 6.40. The summed E-state index contributed by atoms with van der Waals surface area (Å²) in [6.07, 6.45) is 1.71. The Labute approximate surface area is 181 Å². The first-order chi connectivity index (χ1) is 14.9. The van der Waals surface area contributed by atoms with Crippen LogP contribution in [0.3, 0.4) is 0 Å². The second-order valence-electron chi connectivity index (χ2n) is 8.99. The average Bonchev–Trinajstić information content (AvgIpc) is 3.17. The van der Waals surface area contributed by atoms with E-state index in [4.69, 9.17) is 0 Å². The highest BCUT2D eigenvalue weighted by atomic mass is 16.1. The maximum absolute atomic E-state index is 13.4. The van der Waals surface area contributed by atoms with Gasteiger partial charge in [-0.15, -0.1) is 0 Å². The van der Waals surface area contributed by atoms with E-state index < -0.39 is 0 Å². The Morgan fingerprint density at radius 1 is 0.806 bits per heavy atom. The molecule has 3 aromatic carbocycles. The number of H-pyrrole nitrogens is 1. The van der Waals surface area contributed by atoms with E-state index in [1.807, 2.05) is 48.5 Å². The number of rotatable bonds is 3. The third-order valence-corrected chi connectivity index (χ3v) is 5.85. The van der Waals surface area contributed by atoms with E-state index in [2.05, 4.69) is 61.1 Å². The predicted octanol–water partition coefficient (Wildman–Crippen LogP) is 6.91. The van der Waals surface area contributed by atoms with Gasteiger partial charge in [0.05, 0.1) is 5.52 Å². The fourth-order valence-electron chi connectivity index (χ4n) is 4.09. The Morgan fingerprint density at radius 3 is 2.35 bits per heavy atom. The molecular weight excluding hydrogens is 380 g/mol. The highest BCUT2D eigenvalue weighted by Gasteiger charge is 2.18. The summed E-state index contributed by atoms with van der Waals surface area (Å²) in [6, 6.07) is 26.4. The van der Waals surface area contributed by atoms with Crippen molar-refractivity contribution < 1.29 is 4.79 Å². The summed E-state index contributed by atoms with van der Waals surface area (Å²) in [6.45, 7) is 6.62. The van der Waals surface area contributed by atoms with Crippen molar-refractivity contribution in [2.24, 2.45) is 0 Å². The zero-order valence-corrected chi connectivity index (χ0v) is 17.9. The number of ketones is 1. The molecule has 31 heavy (non-hydrogen) atoms. The number of carbonyl (C=O) groups is 1. The van der Waals surface area contributed by atoms with Crippen LogP contribution in [0.2, 0.25) is 0 Å². The van der Waals surface area contributed by atoms with Crippen molar-refractivity contribution >= 4 is 27.6 Å². The molecule has 2 aromatic heterocycles. The van der Waals surface area contributed by atoms with E-state index in [1.165, 1.54) is 5.56 Å². The van der Waals surface area contributed by atoms with E-state index in [1.54, 1.807) is 6.20 Å². The summed E-state index contributed by atoms with van der Waals surface area (Å²) < 4.78 is 0. The molecular formula is C28H24N2O. The summed E-state index contributed by atoms with van der Waals surface area (Å²) in [7, 11) is 0. The van der Waals surface area contributed by atoms with Crippen molar-refractivity contribution in [3.05, 3.63) is 102 Å². The van der Waals surface area contributed by atoms with E-state index >= 15 is 0 Å². The molecule has 0 saturated carbocycles. The molecule has 3 heteroatoms. The number of aromatic amines is 1. The lowest BCUT2D eigenvalue weighted by atomic mass is 9.86. The highest BCUT2D eigenvalue weighted by Crippen LogP contribution is 2.29. The lowest BCUT2D eigenvalue weighted by Gasteiger charge is -2.19. The fraction of sp³-hybridized carbons (Fsp3) is 0.143. The lowest BCUT2D eigenvalue weighted by molar-refractivity contribution is 0.103. The third kappa shape index (κ3) is 3.42. The van der Waals surface area contributed by atoms with Gasteiger partial charge in [0, 0.05) is 28.0 Å². The number of benzene rings is 3. The van der Waals surface area contributed by atoms with Gasteiger partial charge >= 0.3 is 0 Å². The van der Waals surface area contributed by atoms with Gasteiger partial charge in [-0.3, -0.25) is 9.78 Å². The van der Waals surface area contributed by atoms with Crippen LogP contribution >= 0.6 is 0 Å². The van der Waals surface area contributed by atoms with E-state index in [-0.39, 0.29) is 11.2 Å². The number of hydrogen-bond donors (Lipinski definition) is 1. The van der Waals surface area contributed by atoms with Gasteiger partial charge < -0.3 is 4.98 Å². The first-order valence-electron chi connectivity index (χ1n) is 10.5. The molecule has 1 N–H and O–H groups in total. The topological polar surface area (TPSA) is 45.8 Å². The van der Waals surface area contributed by atoms with Crippen molar-refractivity contribution in [3.8, 4) is 11.1 Å². The fourth-order valence-corrected chi connectivity index (χ4v) is 4.09. The van der Waals surface area contributed by atoms with Gasteiger partial charge in [0.1, 0.15) is 5.69 Å². The monoisotopic (exact) mass is 404 g/mol. The minimum Gasteiger partial charge on any atom is -0.353 e. The number of carbonyl (C=O) groups excluding carboxylic acids is 1. The molecule has 0 aliphatic rings. The molecule has 5 aromatic rings. The molecule has 0 amide bonds. The van der Waals surface area contributed by atoms with Gasteiger partial charge in [-0.2, -0.15) is 0 Å². The summed E-state index contributed by atoms with van der Waals surface area (Å²) in [5.74, 6) is -0.0784. The van der Waals surface area contributed by atoms with Crippen LogP contribution in [-0.2, 0) is 5.41 Å². The maximum atomic E-state index is 13.4. The largest absolute Gasteiger partial charge is 0.353 e. The number of para-hydroxylation sites is 1. The number of hydrogen-bond acceptors (Lipinski definition) is 2. The Hall–Kier alpha value is -3.72. The first kappa shape index (κ1) is 19.3. The van der Waals surface area contributed by atoms with E-state index in [0.717, 1.165) is 32.9 Å². The molecule has 0 spiro atoms. The van der Waals surface area contributed by atoms with Gasteiger partial charge in [-0.05, 0) is 40.3 Å². The summed E-state index contributed by atoms with van der Waals surface area (Å²) in [4.78, 5) is 21.2. The molecule has 0 atom stereocenters. The molecule has 0 aliphatic heterocycles. The Balaban J connectivity index is 1.55. The van der Waals surface area contributed by atoms with Crippen LogP contribution in [0.15, 0.2) is 85.1 Å². The first-order valence-corrected chi connectivity index (χ1v) is 10.5. The van der Waals surface area contributed by atoms with Gasteiger partial charge in [0.25, 0.3) is 0 Å². The van der Waals surface area contributed by atoms with Crippen LogP contribution in [0.25, 0.3) is 32.9 Å². The van der Waals surface area contributed by atoms with Crippen molar-refractivity contribution in [1.82, 2.24) is 9.97 Å². The number of pyridine rings is 1. The van der Waals surface area contributed by atoms with Crippen LogP contribution in [0.5, 0.6) is 0 Å². The van der Waals surface area contributed by atoms with Crippen LogP contribution in [0.1, 0.15) is 42.4 Å². The molecule has 0 aliphatic carbocycles. The minimum absolute atomic E-state index is 0.0784. The molecule has 0 fully saturated rings. The highest BCUT2D eigenvalue weighted by molar-refractivity contribution is 6.19.